The summed E-state index contributed by atoms with van der Waals surface area (Å²) in [5.41, 5.74) is 10.1. The Balaban J connectivity index is 0.000000183. The highest BCUT2D eigenvalue weighted by Crippen LogP contribution is 2.42. The number of halogens is 16. The van der Waals surface area contributed by atoms with Gasteiger partial charge in [-0.1, -0.05) is 404 Å². The number of hydrogen-bond donors (Lipinski definition) is 0. The molecule has 8 aliphatic rings. The minimum Gasteiger partial charge on any atom is -0.205 e. The van der Waals surface area contributed by atoms with E-state index < -0.39 is 46.5 Å². The summed E-state index contributed by atoms with van der Waals surface area (Å²) in [6, 6.07) is 28.9. The molecule has 144 heavy (non-hydrogen) atoms. The van der Waals surface area contributed by atoms with Crippen LogP contribution >= 0.6 is 46.4 Å². The van der Waals surface area contributed by atoms with Gasteiger partial charge in [0, 0.05) is 0 Å². The Morgan fingerprint density at radius 3 is 0.438 bits per heavy atom. The van der Waals surface area contributed by atoms with Gasteiger partial charge in [-0.25, -0.2) is 52.7 Å². The smallest absolute Gasteiger partial charge is 0.162 e. The van der Waals surface area contributed by atoms with Gasteiger partial charge in [-0.15, -0.1) is 0 Å². The van der Waals surface area contributed by atoms with Crippen molar-refractivity contribution in [1.29, 1.82) is 0 Å². The summed E-state index contributed by atoms with van der Waals surface area (Å²) in [5.74, 6) is 6.71. The van der Waals surface area contributed by atoms with Crippen LogP contribution in [0.25, 0.3) is 0 Å². The maximum absolute atomic E-state index is 13.9. The molecule has 8 fully saturated rings. The fourth-order valence-corrected chi connectivity index (χ4v) is 23.8. The van der Waals surface area contributed by atoms with Crippen LogP contribution in [0, 0.1) is 220 Å². The fraction of sp³-hybridized carbons (Fsp3) is 0.625. The lowest BCUT2D eigenvalue weighted by Gasteiger charge is -2.26. The molecule has 0 atom stereocenters. The molecule has 8 aromatic carbocycles. The Hall–Kier alpha value is -5.92. The van der Waals surface area contributed by atoms with Crippen LogP contribution in [0.5, 0.6) is 0 Å². The lowest BCUT2D eigenvalue weighted by Crippen LogP contribution is -2.13. The molecule has 0 nitrogen and oxygen atoms in total. The van der Waals surface area contributed by atoms with Crippen LogP contribution in [0.2, 0.25) is 20.1 Å². The molecule has 0 radical (unpaired) electrons. The lowest BCUT2D eigenvalue weighted by molar-refractivity contribution is 0.277. The molecule has 8 aromatic rings. The molecule has 0 bridgehead atoms. The number of hydrogen-bond acceptors (Lipinski definition) is 0. The van der Waals surface area contributed by atoms with Crippen LogP contribution < -0.4 is 0 Å². The van der Waals surface area contributed by atoms with Gasteiger partial charge in [0.25, 0.3) is 0 Å². The Kier molecular flexibility index (Phi) is 52.5. The largest absolute Gasteiger partial charge is 0.205 e. The molecule has 0 spiro atoms. The molecule has 0 unspecified atom stereocenters. The zero-order valence-electron chi connectivity index (χ0n) is 90.5. The van der Waals surface area contributed by atoms with E-state index in [4.69, 9.17) is 46.4 Å². The van der Waals surface area contributed by atoms with E-state index in [1.807, 2.05) is 62.4 Å². The van der Waals surface area contributed by atoms with Crippen molar-refractivity contribution in [2.45, 2.75) is 419 Å². The molecule has 16 heteroatoms. The van der Waals surface area contributed by atoms with Crippen LogP contribution in [-0.4, -0.2) is 0 Å². The van der Waals surface area contributed by atoms with Crippen molar-refractivity contribution < 1.29 is 52.7 Å². The monoisotopic (exact) mass is 2080 g/mol. The van der Waals surface area contributed by atoms with Crippen molar-refractivity contribution in [3.8, 4) is 0 Å². The van der Waals surface area contributed by atoms with Crippen LogP contribution in [0.15, 0.2) is 97.1 Å². The molecule has 0 aliphatic heterocycles. The Morgan fingerprint density at radius 1 is 0.153 bits per heavy atom. The zero-order chi connectivity index (χ0) is 105. The first-order chi connectivity index (χ1) is 68.6. The van der Waals surface area contributed by atoms with Gasteiger partial charge in [-0.05, 0) is 342 Å². The topological polar surface area (TPSA) is 0 Å². The Bertz CT molecular complexity index is 4200. The highest BCUT2D eigenvalue weighted by Gasteiger charge is 2.29. The molecule has 0 amide bonds. The van der Waals surface area contributed by atoms with Crippen LogP contribution in [0.4, 0.5) is 52.7 Å². The summed E-state index contributed by atoms with van der Waals surface area (Å²) >= 11 is 24.0. The highest BCUT2D eigenvalue weighted by molar-refractivity contribution is 6.32. The summed E-state index contributed by atoms with van der Waals surface area (Å²) in [7, 11) is 0. The molecular formula is C128H176Cl4F12. The van der Waals surface area contributed by atoms with Crippen molar-refractivity contribution >= 4 is 46.4 Å². The summed E-state index contributed by atoms with van der Waals surface area (Å²) in [6.07, 6.45) is 56.2. The molecular weight excluding hydrogens is 1910 g/mol. The van der Waals surface area contributed by atoms with E-state index in [0.717, 1.165) is 181 Å². The first kappa shape index (κ1) is 122. The van der Waals surface area contributed by atoms with Crippen molar-refractivity contribution in [3.05, 3.63) is 276 Å². The summed E-state index contributed by atoms with van der Waals surface area (Å²) < 4.78 is 164. The standard InChI is InChI=1S/4C16H22ClF.4C16H22F2/c2*1-11-3-6-13(7-4-11)8-10-14-9-5-12(2)16(18)15(14)17;6*1-11-3-6-13(7-4-11)8-10-14-9-5-12(2)15(17)16(14)18/h8*5,9,11,13H,3-4,6-8,10H2,1-2H3. The van der Waals surface area contributed by atoms with Gasteiger partial charge in [-0.2, -0.15) is 0 Å². The zero-order valence-corrected chi connectivity index (χ0v) is 93.5. The Morgan fingerprint density at radius 2 is 0.278 bits per heavy atom. The van der Waals surface area contributed by atoms with Crippen LogP contribution in [0.3, 0.4) is 0 Å². The maximum Gasteiger partial charge on any atom is 0.162 e. The number of aryl methyl sites for hydroxylation is 16. The molecule has 0 saturated heterocycles. The van der Waals surface area contributed by atoms with Gasteiger partial charge >= 0.3 is 0 Å². The van der Waals surface area contributed by atoms with E-state index in [2.05, 4.69) is 55.4 Å². The third-order valence-corrected chi connectivity index (χ3v) is 36.2. The van der Waals surface area contributed by atoms with E-state index in [0.29, 0.717) is 125 Å². The van der Waals surface area contributed by atoms with E-state index in [-0.39, 0.29) is 23.3 Å². The number of rotatable bonds is 24. The van der Waals surface area contributed by atoms with Gasteiger partial charge in [0.05, 0.1) is 20.1 Å². The second-order valence-electron chi connectivity index (χ2n) is 46.7. The maximum atomic E-state index is 13.9. The van der Waals surface area contributed by atoms with Crippen molar-refractivity contribution in [2.24, 2.45) is 94.7 Å². The van der Waals surface area contributed by atoms with Crippen LogP contribution in [0.1, 0.15) is 401 Å². The van der Waals surface area contributed by atoms with Gasteiger partial charge < -0.3 is 0 Å². The molecule has 0 aromatic heterocycles. The average Bonchev–Trinajstić information content (AvgIpc) is 0.868. The van der Waals surface area contributed by atoms with Crippen LogP contribution in [-0.2, 0) is 51.4 Å². The van der Waals surface area contributed by atoms with E-state index in [1.165, 1.54) is 205 Å². The molecule has 0 heterocycles. The fourth-order valence-electron chi connectivity index (χ4n) is 22.9. The van der Waals surface area contributed by atoms with Gasteiger partial charge in [0.15, 0.2) is 46.5 Å². The van der Waals surface area contributed by atoms with Gasteiger partial charge in [0.2, 0.25) is 0 Å². The molecule has 800 valence electrons. The summed E-state index contributed by atoms with van der Waals surface area (Å²) in [4.78, 5) is 0. The molecule has 8 saturated carbocycles. The normalized spacial score (nSPS) is 24.2. The number of benzene rings is 8. The summed E-state index contributed by atoms with van der Waals surface area (Å²) in [6.45, 7) is 32.1. The molecule has 0 N–H and O–H groups in total. The van der Waals surface area contributed by atoms with Gasteiger partial charge in [-0.3, -0.25) is 0 Å². The minimum atomic E-state index is -0.676. The summed E-state index contributed by atoms with van der Waals surface area (Å²) in [5, 5.41) is 1.26. The minimum absolute atomic E-state index is 0.208. The predicted molar refractivity (Wildman–Crippen MR) is 585 cm³/mol. The highest BCUT2D eigenvalue weighted by atomic mass is 35.5. The SMILES string of the molecule is Cc1ccc(CCC2CCC(C)CC2)c(Cl)c1F.Cc1ccc(CCC2CCC(C)CC2)c(Cl)c1F.Cc1ccc(CCC2CCC(C)CC2)c(F)c1Cl.Cc1ccc(CCC2CCC(C)CC2)c(F)c1Cl.Cc1ccc(CCC2CCC(C)CC2)c(F)c1F.Cc1ccc(CCC2CCC(C)CC2)c(F)c1F.Cc1ccc(CCC2CCC(C)CC2)c(F)c1F.Cc1ccc(CCC2CCC(C)CC2)c(F)c1F. The first-order valence-electron chi connectivity index (χ1n) is 56.1. The lowest BCUT2D eigenvalue weighted by atomic mass is 9.80. The quantitative estimate of drug-likeness (QED) is 0.0529. The second-order valence-corrected chi connectivity index (χ2v) is 48.2. The molecule has 8 aliphatic carbocycles. The van der Waals surface area contributed by atoms with Crippen molar-refractivity contribution in [2.75, 3.05) is 0 Å². The average molecular weight is 2080 g/mol. The van der Waals surface area contributed by atoms with E-state index in [1.54, 1.807) is 90.1 Å². The predicted octanol–water partition coefficient (Wildman–Crippen LogP) is 42.3. The van der Waals surface area contributed by atoms with E-state index >= 15 is 0 Å². The molecule has 16 rings (SSSR count). The van der Waals surface area contributed by atoms with Crippen molar-refractivity contribution in [1.82, 2.24) is 0 Å². The van der Waals surface area contributed by atoms with Crippen molar-refractivity contribution in [3.63, 3.8) is 0 Å². The van der Waals surface area contributed by atoms with Gasteiger partial charge in [0.1, 0.15) is 23.3 Å². The Labute approximate surface area is 882 Å². The third-order valence-electron chi connectivity index (χ3n) is 34.5. The van der Waals surface area contributed by atoms with E-state index in [9.17, 15) is 52.7 Å². The second kappa shape index (κ2) is 62.2. The third kappa shape index (κ3) is 39.7. The first-order valence-corrected chi connectivity index (χ1v) is 57.6.